The first-order valence-electron chi connectivity index (χ1n) is 3.53. The summed E-state index contributed by atoms with van der Waals surface area (Å²) in [5, 5.41) is 1.98. The van der Waals surface area contributed by atoms with Gasteiger partial charge in [-0.3, -0.25) is 4.79 Å². The van der Waals surface area contributed by atoms with E-state index in [-0.39, 0.29) is 5.82 Å². The Bertz CT molecular complexity index is 278. The lowest BCUT2D eigenvalue weighted by molar-refractivity contribution is 0.0881. The summed E-state index contributed by atoms with van der Waals surface area (Å²) >= 11 is 0. The zero-order valence-corrected chi connectivity index (χ0v) is 6.58. The molecule has 0 fully saturated rings. The van der Waals surface area contributed by atoms with Crippen LogP contribution in [0, 0.1) is 0 Å². The first kappa shape index (κ1) is 9.50. The highest BCUT2D eigenvalue weighted by Gasteiger charge is 2.09. The van der Waals surface area contributed by atoms with Gasteiger partial charge in [0.05, 0.1) is 6.54 Å². The van der Waals surface area contributed by atoms with E-state index in [9.17, 15) is 13.6 Å². The molecule has 1 aromatic rings. The van der Waals surface area contributed by atoms with E-state index in [2.05, 4.69) is 9.97 Å². The zero-order chi connectivity index (χ0) is 9.68. The highest BCUT2D eigenvalue weighted by atomic mass is 19.3. The average molecular weight is 187 g/mol. The Balaban J connectivity index is 2.50. The van der Waals surface area contributed by atoms with E-state index in [1.807, 2.05) is 5.32 Å². The van der Waals surface area contributed by atoms with Crippen LogP contribution in [0.5, 0.6) is 0 Å². The molecule has 13 heavy (non-hydrogen) atoms. The van der Waals surface area contributed by atoms with Gasteiger partial charge in [-0.05, 0) is 6.07 Å². The lowest BCUT2D eigenvalue weighted by atomic mass is 10.5. The topological polar surface area (TPSA) is 54.9 Å². The Morgan fingerprint density at radius 1 is 1.46 bits per heavy atom. The fourth-order valence-corrected chi connectivity index (χ4v) is 0.665. The van der Waals surface area contributed by atoms with Crippen LogP contribution in [0.1, 0.15) is 10.6 Å². The summed E-state index contributed by atoms with van der Waals surface area (Å²) in [4.78, 5) is 18.2. The number of hydrogen-bond donors (Lipinski definition) is 1. The van der Waals surface area contributed by atoms with Gasteiger partial charge in [0.2, 0.25) is 5.82 Å². The van der Waals surface area contributed by atoms with Crippen molar-refractivity contribution < 1.29 is 13.6 Å². The molecule has 0 aliphatic heterocycles. The van der Waals surface area contributed by atoms with Crippen LogP contribution in [0.25, 0.3) is 0 Å². The molecule has 0 atom stereocenters. The number of halogens is 2. The summed E-state index contributed by atoms with van der Waals surface area (Å²) in [6.07, 6.45) is 0.168. The van der Waals surface area contributed by atoms with Gasteiger partial charge in [-0.2, -0.15) is 0 Å². The van der Waals surface area contributed by atoms with Gasteiger partial charge in [0, 0.05) is 12.4 Å². The predicted molar refractivity (Wildman–Crippen MR) is 40.4 cm³/mol. The first-order valence-corrected chi connectivity index (χ1v) is 3.53. The van der Waals surface area contributed by atoms with E-state index < -0.39 is 18.9 Å². The van der Waals surface area contributed by atoms with Crippen molar-refractivity contribution in [2.45, 2.75) is 6.43 Å². The Morgan fingerprint density at radius 3 is 2.62 bits per heavy atom. The second-order valence-corrected chi connectivity index (χ2v) is 2.17. The minimum absolute atomic E-state index is 0.108. The van der Waals surface area contributed by atoms with Gasteiger partial charge in [-0.1, -0.05) is 0 Å². The molecule has 0 bridgehead atoms. The van der Waals surface area contributed by atoms with Crippen molar-refractivity contribution in [2.75, 3.05) is 6.54 Å². The number of amides is 1. The number of nitrogens with zero attached hydrogens (tertiary/aromatic N) is 2. The lowest BCUT2D eigenvalue weighted by Crippen LogP contribution is -2.29. The van der Waals surface area contributed by atoms with Crippen molar-refractivity contribution >= 4 is 5.91 Å². The fourth-order valence-electron chi connectivity index (χ4n) is 0.665. The molecule has 70 valence electrons. The Morgan fingerprint density at radius 2 is 2.08 bits per heavy atom. The van der Waals surface area contributed by atoms with Crippen molar-refractivity contribution in [2.24, 2.45) is 0 Å². The van der Waals surface area contributed by atoms with E-state index in [0.29, 0.717) is 0 Å². The molecule has 6 heteroatoms. The molecular formula is C7H7F2N3O. The van der Waals surface area contributed by atoms with Gasteiger partial charge in [-0.25, -0.2) is 18.7 Å². The number of carbonyl (C=O) groups is 1. The van der Waals surface area contributed by atoms with Gasteiger partial charge in [0.15, 0.2) is 0 Å². The maximum absolute atomic E-state index is 11.7. The van der Waals surface area contributed by atoms with Crippen molar-refractivity contribution in [3.63, 3.8) is 0 Å². The molecule has 1 amide bonds. The summed E-state index contributed by atoms with van der Waals surface area (Å²) in [6.45, 7) is -0.683. The molecule has 0 spiro atoms. The normalized spacial score (nSPS) is 10.1. The second kappa shape index (κ2) is 4.44. The third kappa shape index (κ3) is 3.10. The molecule has 0 aliphatic carbocycles. The summed E-state index contributed by atoms with van der Waals surface area (Å²) < 4.78 is 23.3. The largest absolute Gasteiger partial charge is 0.344 e. The monoisotopic (exact) mass is 187 g/mol. The molecule has 0 unspecified atom stereocenters. The van der Waals surface area contributed by atoms with E-state index in [0.717, 1.165) is 0 Å². The number of carbonyl (C=O) groups excluding carboxylic acids is 1. The number of alkyl halides is 2. The highest BCUT2D eigenvalue weighted by molar-refractivity contribution is 5.90. The summed E-state index contributed by atoms with van der Waals surface area (Å²) in [7, 11) is 0. The van der Waals surface area contributed by atoms with Crippen molar-refractivity contribution in [1.29, 1.82) is 0 Å². The molecule has 0 saturated carbocycles. The maximum atomic E-state index is 11.7. The van der Waals surface area contributed by atoms with Gasteiger partial charge in [0.25, 0.3) is 12.3 Å². The smallest absolute Gasteiger partial charge is 0.289 e. The van der Waals surface area contributed by atoms with E-state index in [1.165, 1.54) is 18.5 Å². The van der Waals surface area contributed by atoms with Crippen LogP contribution in [0.4, 0.5) is 8.78 Å². The van der Waals surface area contributed by atoms with Gasteiger partial charge in [0.1, 0.15) is 0 Å². The molecule has 0 radical (unpaired) electrons. The van der Waals surface area contributed by atoms with Crippen LogP contribution in [-0.4, -0.2) is 28.8 Å². The highest BCUT2D eigenvalue weighted by Crippen LogP contribution is 1.91. The van der Waals surface area contributed by atoms with Gasteiger partial charge in [-0.15, -0.1) is 0 Å². The number of rotatable bonds is 3. The van der Waals surface area contributed by atoms with Crippen molar-refractivity contribution in [1.82, 2.24) is 15.3 Å². The van der Waals surface area contributed by atoms with Crippen molar-refractivity contribution in [3.8, 4) is 0 Å². The van der Waals surface area contributed by atoms with Crippen LogP contribution >= 0.6 is 0 Å². The van der Waals surface area contributed by atoms with Crippen LogP contribution in [0.3, 0.4) is 0 Å². The molecular weight excluding hydrogens is 180 g/mol. The SMILES string of the molecule is O=C(NCC(F)F)c1ncccn1. The number of nitrogens with one attached hydrogen (secondary N) is 1. The Kier molecular flexibility index (Phi) is 3.24. The van der Waals surface area contributed by atoms with Crippen molar-refractivity contribution in [3.05, 3.63) is 24.3 Å². The first-order chi connectivity index (χ1) is 6.20. The molecule has 0 saturated heterocycles. The molecule has 1 heterocycles. The summed E-state index contributed by atoms with van der Waals surface area (Å²) in [5.41, 5.74) is 0. The molecule has 4 nitrogen and oxygen atoms in total. The Hall–Kier alpha value is -1.59. The van der Waals surface area contributed by atoms with E-state index in [1.54, 1.807) is 0 Å². The van der Waals surface area contributed by atoms with Gasteiger partial charge < -0.3 is 5.32 Å². The third-order valence-corrected chi connectivity index (χ3v) is 1.19. The molecule has 0 aliphatic rings. The van der Waals surface area contributed by atoms with Crippen LogP contribution in [-0.2, 0) is 0 Å². The predicted octanol–water partition coefficient (Wildman–Crippen LogP) is 0.471. The molecule has 0 aromatic carbocycles. The second-order valence-electron chi connectivity index (χ2n) is 2.17. The minimum Gasteiger partial charge on any atom is -0.344 e. The quantitative estimate of drug-likeness (QED) is 0.748. The Labute approximate surface area is 73.0 Å². The van der Waals surface area contributed by atoms with Gasteiger partial charge >= 0.3 is 0 Å². The minimum atomic E-state index is -2.56. The van der Waals surface area contributed by atoms with Crippen LogP contribution in [0.2, 0.25) is 0 Å². The standard InChI is InChI=1S/C7H7F2N3O/c8-5(9)4-12-7(13)6-10-2-1-3-11-6/h1-3,5H,4H2,(H,12,13). The average Bonchev–Trinajstić information content (AvgIpc) is 2.15. The maximum Gasteiger partial charge on any atom is 0.289 e. The summed E-state index contributed by atoms with van der Waals surface area (Å²) in [6, 6.07) is 1.53. The third-order valence-electron chi connectivity index (χ3n) is 1.19. The molecule has 1 rings (SSSR count). The lowest BCUT2D eigenvalue weighted by Gasteiger charge is -2.01. The number of aromatic nitrogens is 2. The fraction of sp³-hybridized carbons (Fsp3) is 0.286. The van der Waals surface area contributed by atoms with Crippen LogP contribution in [0.15, 0.2) is 18.5 Å². The van der Waals surface area contributed by atoms with E-state index in [4.69, 9.17) is 0 Å². The molecule has 1 aromatic heterocycles. The number of hydrogen-bond acceptors (Lipinski definition) is 3. The molecule has 1 N–H and O–H groups in total. The van der Waals surface area contributed by atoms with Crippen LogP contribution < -0.4 is 5.32 Å². The zero-order valence-electron chi connectivity index (χ0n) is 6.58. The van der Waals surface area contributed by atoms with E-state index >= 15 is 0 Å². The summed E-state index contributed by atoms with van der Waals surface area (Å²) in [5.74, 6) is -0.802.